The molecular formula is C7H15ClMg. The van der Waals surface area contributed by atoms with Crippen LogP contribution in [0.25, 0.3) is 0 Å². The fourth-order valence-electron chi connectivity index (χ4n) is 0.604. The van der Waals surface area contributed by atoms with Crippen LogP contribution in [-0.4, -0.2) is 23.1 Å². The Hall–Kier alpha value is 1.06. The smallest absolute Gasteiger partial charge is 1.00 e. The van der Waals surface area contributed by atoms with E-state index in [1.54, 1.807) is 5.92 Å². The molecule has 9 heavy (non-hydrogen) atoms. The van der Waals surface area contributed by atoms with E-state index in [0.717, 1.165) is 0 Å². The molecule has 0 aromatic rings. The van der Waals surface area contributed by atoms with Crippen molar-refractivity contribution in [2.24, 2.45) is 0 Å². The molecule has 0 N–H and O–H groups in total. The van der Waals surface area contributed by atoms with Crippen LogP contribution in [0.15, 0.2) is 0 Å². The van der Waals surface area contributed by atoms with E-state index in [2.05, 4.69) is 20.8 Å². The molecule has 0 nitrogen and oxygen atoms in total. The summed E-state index contributed by atoms with van der Waals surface area (Å²) in [5.41, 5.74) is 0. The summed E-state index contributed by atoms with van der Waals surface area (Å²) in [4.78, 5) is 0. The van der Waals surface area contributed by atoms with Gasteiger partial charge >= 0.3 is 23.1 Å². The molecule has 0 saturated carbocycles. The molecule has 0 fully saturated rings. The summed E-state index contributed by atoms with van der Waals surface area (Å²) in [6.45, 7) is 6.66. The number of rotatable bonds is 3. The van der Waals surface area contributed by atoms with Crippen molar-refractivity contribution >= 4 is 23.1 Å². The zero-order valence-corrected chi connectivity index (χ0v) is 8.88. The first-order valence-electron chi connectivity index (χ1n) is 3.12. The van der Waals surface area contributed by atoms with Crippen LogP contribution in [0.3, 0.4) is 0 Å². The van der Waals surface area contributed by atoms with E-state index in [-0.39, 0.29) is 35.5 Å². The molecule has 0 aromatic carbocycles. The van der Waals surface area contributed by atoms with Crippen LogP contribution in [0.1, 0.15) is 40.0 Å². The minimum Gasteiger partial charge on any atom is -1.00 e. The third kappa shape index (κ3) is 12.3. The molecule has 0 rings (SSSR count). The fraction of sp³-hybridized carbons (Fsp3) is 0.857. The van der Waals surface area contributed by atoms with Crippen LogP contribution < -0.4 is 12.4 Å². The van der Waals surface area contributed by atoms with E-state index in [1.165, 1.54) is 19.3 Å². The van der Waals surface area contributed by atoms with E-state index in [4.69, 9.17) is 0 Å². The number of hydrogen-bond acceptors (Lipinski definition) is 0. The summed E-state index contributed by atoms with van der Waals surface area (Å²) in [5, 5.41) is 0. The number of hydrogen-bond donors (Lipinski definition) is 0. The van der Waals surface area contributed by atoms with Gasteiger partial charge in [-0.15, -0.1) is 0 Å². The molecule has 0 bridgehead atoms. The fourth-order valence-corrected chi connectivity index (χ4v) is 0.604. The van der Waals surface area contributed by atoms with Crippen LogP contribution in [0.2, 0.25) is 0 Å². The standard InChI is InChI=1S/C7H15.ClH.Mg/c1-4-6-7(3)5-2;;/h4-6H2,1-3H3;1H;/q-1;;+2/p-1. The Bertz CT molecular complexity index is 39.9. The molecule has 0 spiro atoms. The second-order valence-corrected chi connectivity index (χ2v) is 2.06. The Morgan fingerprint density at radius 3 is 1.78 bits per heavy atom. The average molecular weight is 159 g/mol. The van der Waals surface area contributed by atoms with E-state index >= 15 is 0 Å². The molecule has 0 heterocycles. The van der Waals surface area contributed by atoms with Crippen molar-refractivity contribution in [3.05, 3.63) is 5.92 Å². The van der Waals surface area contributed by atoms with Crippen molar-refractivity contribution in [1.82, 2.24) is 0 Å². The SMILES string of the molecule is CCC[C-](C)CC.[Cl-].[Mg+2]. The normalized spacial score (nSPS) is 8.00. The Morgan fingerprint density at radius 2 is 1.67 bits per heavy atom. The topological polar surface area (TPSA) is 0 Å². The van der Waals surface area contributed by atoms with Crippen molar-refractivity contribution in [2.45, 2.75) is 40.0 Å². The zero-order chi connectivity index (χ0) is 5.70. The predicted octanol–water partition coefficient (Wildman–Crippen LogP) is -0.586. The molecule has 0 radical (unpaired) electrons. The largest absolute Gasteiger partial charge is 2.00 e. The Balaban J connectivity index is -0.000000180. The summed E-state index contributed by atoms with van der Waals surface area (Å²) >= 11 is 0. The molecule has 0 aromatic heterocycles. The van der Waals surface area contributed by atoms with Crippen molar-refractivity contribution in [3.8, 4) is 0 Å². The van der Waals surface area contributed by atoms with Gasteiger partial charge in [0, 0.05) is 0 Å². The summed E-state index contributed by atoms with van der Waals surface area (Å²) in [6, 6.07) is 0. The van der Waals surface area contributed by atoms with Gasteiger partial charge in [0.1, 0.15) is 0 Å². The predicted molar refractivity (Wildman–Crippen MR) is 39.9 cm³/mol. The molecule has 0 aliphatic heterocycles. The van der Waals surface area contributed by atoms with Gasteiger partial charge in [0.25, 0.3) is 0 Å². The van der Waals surface area contributed by atoms with E-state index in [1.807, 2.05) is 0 Å². The Labute approximate surface area is 81.4 Å². The van der Waals surface area contributed by atoms with E-state index in [0.29, 0.717) is 0 Å². The molecule has 0 unspecified atom stereocenters. The molecule has 0 saturated heterocycles. The van der Waals surface area contributed by atoms with Gasteiger partial charge in [-0.3, -0.25) is 0 Å². The van der Waals surface area contributed by atoms with Gasteiger partial charge in [-0.05, 0) is 0 Å². The minimum absolute atomic E-state index is 0. The molecule has 0 amide bonds. The van der Waals surface area contributed by atoms with Crippen molar-refractivity contribution in [3.63, 3.8) is 0 Å². The zero-order valence-electron chi connectivity index (χ0n) is 6.71. The monoisotopic (exact) mass is 158 g/mol. The molecule has 52 valence electrons. The molecule has 0 aliphatic rings. The van der Waals surface area contributed by atoms with Gasteiger partial charge in [0.2, 0.25) is 0 Å². The molecule has 0 atom stereocenters. The van der Waals surface area contributed by atoms with Crippen molar-refractivity contribution in [2.75, 3.05) is 0 Å². The van der Waals surface area contributed by atoms with Crippen molar-refractivity contribution in [1.29, 1.82) is 0 Å². The van der Waals surface area contributed by atoms with Crippen LogP contribution >= 0.6 is 0 Å². The van der Waals surface area contributed by atoms with Gasteiger partial charge < -0.3 is 18.3 Å². The third-order valence-corrected chi connectivity index (χ3v) is 1.28. The molecular weight excluding hydrogens is 144 g/mol. The molecule has 2 heteroatoms. The maximum absolute atomic E-state index is 2.23. The quantitative estimate of drug-likeness (QED) is 0.381. The summed E-state index contributed by atoms with van der Waals surface area (Å²) < 4.78 is 0. The van der Waals surface area contributed by atoms with Gasteiger partial charge in [-0.2, -0.15) is 19.8 Å². The maximum atomic E-state index is 2.23. The van der Waals surface area contributed by atoms with E-state index < -0.39 is 0 Å². The van der Waals surface area contributed by atoms with Crippen molar-refractivity contribution < 1.29 is 12.4 Å². The van der Waals surface area contributed by atoms with Gasteiger partial charge in [0.05, 0.1) is 0 Å². The molecule has 0 aliphatic carbocycles. The second kappa shape index (κ2) is 11.8. The van der Waals surface area contributed by atoms with Crippen LogP contribution in [0, 0.1) is 5.92 Å². The maximum Gasteiger partial charge on any atom is 2.00 e. The first kappa shape index (κ1) is 16.6. The summed E-state index contributed by atoms with van der Waals surface area (Å²) in [5.74, 6) is 1.63. The van der Waals surface area contributed by atoms with Crippen LogP contribution in [-0.2, 0) is 0 Å². The third-order valence-electron chi connectivity index (χ3n) is 1.28. The van der Waals surface area contributed by atoms with Crippen LogP contribution in [0.5, 0.6) is 0 Å². The Kier molecular flexibility index (Phi) is 21.7. The minimum atomic E-state index is 0. The van der Waals surface area contributed by atoms with Gasteiger partial charge in [0.15, 0.2) is 0 Å². The van der Waals surface area contributed by atoms with Crippen LogP contribution in [0.4, 0.5) is 0 Å². The van der Waals surface area contributed by atoms with Gasteiger partial charge in [-0.1, -0.05) is 20.3 Å². The van der Waals surface area contributed by atoms with Gasteiger partial charge in [-0.25, -0.2) is 0 Å². The second-order valence-electron chi connectivity index (χ2n) is 2.06. The van der Waals surface area contributed by atoms with E-state index in [9.17, 15) is 0 Å². The number of halogens is 1. The summed E-state index contributed by atoms with van der Waals surface area (Å²) in [6.07, 6.45) is 3.88. The Morgan fingerprint density at radius 1 is 1.22 bits per heavy atom. The first-order valence-corrected chi connectivity index (χ1v) is 3.12. The first-order chi connectivity index (χ1) is 3.31. The summed E-state index contributed by atoms with van der Waals surface area (Å²) in [7, 11) is 0. The average Bonchev–Trinajstić information content (AvgIpc) is 1.68.